The van der Waals surface area contributed by atoms with Gasteiger partial charge in [0.2, 0.25) is 5.91 Å². The fourth-order valence-corrected chi connectivity index (χ4v) is 3.31. The standard InChI is InChI=1S/C20H22FNO4S/c1-26-18-7-5-14(12-17(18)21)6-8-19(23)22-16-4-2-3-15(11-16)13-27-10-9-20(24)25/h2-5,7,11-12H,6,8-10,13H2,1H3,(H,22,23)(H,24,25). The third kappa shape index (κ3) is 7.30. The average Bonchev–Trinajstić information content (AvgIpc) is 2.64. The van der Waals surface area contributed by atoms with E-state index in [4.69, 9.17) is 9.84 Å². The van der Waals surface area contributed by atoms with Crippen molar-refractivity contribution >= 4 is 29.3 Å². The third-order valence-corrected chi connectivity index (χ3v) is 4.83. The molecule has 0 bridgehead atoms. The first-order valence-corrected chi connectivity index (χ1v) is 9.64. The highest BCUT2D eigenvalue weighted by atomic mass is 32.2. The lowest BCUT2D eigenvalue weighted by Crippen LogP contribution is -2.12. The maximum Gasteiger partial charge on any atom is 0.304 e. The molecule has 2 N–H and O–H groups in total. The number of rotatable bonds is 10. The van der Waals surface area contributed by atoms with Crippen LogP contribution in [0.15, 0.2) is 42.5 Å². The lowest BCUT2D eigenvalue weighted by atomic mass is 10.1. The van der Waals surface area contributed by atoms with Crippen molar-refractivity contribution in [1.29, 1.82) is 0 Å². The van der Waals surface area contributed by atoms with E-state index in [-0.39, 0.29) is 24.5 Å². The van der Waals surface area contributed by atoms with Crippen molar-refractivity contribution in [1.82, 2.24) is 0 Å². The van der Waals surface area contributed by atoms with Gasteiger partial charge in [0.1, 0.15) is 0 Å². The average molecular weight is 391 g/mol. The smallest absolute Gasteiger partial charge is 0.304 e. The van der Waals surface area contributed by atoms with Gasteiger partial charge in [-0.2, -0.15) is 11.8 Å². The number of anilines is 1. The second-order valence-electron chi connectivity index (χ2n) is 5.91. The summed E-state index contributed by atoms with van der Waals surface area (Å²) < 4.78 is 18.6. The van der Waals surface area contributed by atoms with Crippen molar-refractivity contribution in [2.24, 2.45) is 0 Å². The van der Waals surface area contributed by atoms with Gasteiger partial charge in [-0.05, 0) is 41.8 Å². The van der Waals surface area contributed by atoms with Crippen LogP contribution in [0.4, 0.5) is 10.1 Å². The molecule has 0 fully saturated rings. The minimum absolute atomic E-state index is 0.132. The highest BCUT2D eigenvalue weighted by Gasteiger charge is 2.07. The molecule has 2 aromatic carbocycles. The number of aliphatic carboxylic acids is 1. The Morgan fingerprint density at radius 2 is 1.96 bits per heavy atom. The highest BCUT2D eigenvalue weighted by Crippen LogP contribution is 2.20. The number of amides is 1. The number of carboxylic acid groups (broad SMARTS) is 1. The van der Waals surface area contributed by atoms with Crippen molar-refractivity contribution in [2.75, 3.05) is 18.2 Å². The van der Waals surface area contributed by atoms with Crippen LogP contribution in [0.2, 0.25) is 0 Å². The van der Waals surface area contributed by atoms with Gasteiger partial charge in [0.25, 0.3) is 0 Å². The molecule has 0 spiro atoms. The number of carbonyl (C=O) groups excluding carboxylic acids is 1. The largest absolute Gasteiger partial charge is 0.494 e. The molecule has 27 heavy (non-hydrogen) atoms. The Morgan fingerprint density at radius 3 is 2.67 bits per heavy atom. The molecule has 0 saturated heterocycles. The van der Waals surface area contributed by atoms with Crippen LogP contribution in [0.5, 0.6) is 5.75 Å². The molecule has 0 aliphatic heterocycles. The van der Waals surface area contributed by atoms with Crippen LogP contribution in [-0.2, 0) is 21.8 Å². The molecular formula is C20H22FNO4S. The van der Waals surface area contributed by atoms with Crippen molar-refractivity contribution < 1.29 is 23.8 Å². The molecule has 2 aromatic rings. The van der Waals surface area contributed by atoms with Gasteiger partial charge in [0.15, 0.2) is 11.6 Å². The van der Waals surface area contributed by atoms with Gasteiger partial charge in [-0.25, -0.2) is 4.39 Å². The van der Waals surface area contributed by atoms with Crippen LogP contribution in [0.1, 0.15) is 24.0 Å². The van der Waals surface area contributed by atoms with Crippen molar-refractivity contribution in [3.63, 3.8) is 0 Å². The summed E-state index contributed by atoms with van der Waals surface area (Å²) in [7, 11) is 1.41. The number of carbonyl (C=O) groups is 2. The zero-order valence-electron chi connectivity index (χ0n) is 15.0. The number of thioether (sulfide) groups is 1. The Morgan fingerprint density at radius 1 is 1.15 bits per heavy atom. The molecule has 0 aliphatic rings. The summed E-state index contributed by atoms with van der Waals surface area (Å²) >= 11 is 1.53. The quantitative estimate of drug-likeness (QED) is 0.596. The number of carboxylic acids is 1. The number of halogens is 1. The molecule has 0 radical (unpaired) electrons. The zero-order valence-corrected chi connectivity index (χ0v) is 15.9. The van der Waals surface area contributed by atoms with Crippen LogP contribution in [0.3, 0.4) is 0 Å². The summed E-state index contributed by atoms with van der Waals surface area (Å²) in [6, 6.07) is 12.1. The fourth-order valence-electron chi connectivity index (χ4n) is 2.44. The van der Waals surface area contributed by atoms with Crippen LogP contribution in [0, 0.1) is 5.82 Å². The Labute approximate surface area is 161 Å². The fraction of sp³-hybridized carbons (Fsp3) is 0.300. The number of benzene rings is 2. The molecule has 0 aromatic heterocycles. The predicted octanol–water partition coefficient (Wildman–Crippen LogP) is 4.11. The van der Waals surface area contributed by atoms with Crippen LogP contribution in [0.25, 0.3) is 0 Å². The Kier molecular flexibility index (Phi) is 8.13. The van der Waals surface area contributed by atoms with Gasteiger partial charge in [0, 0.05) is 23.6 Å². The van der Waals surface area contributed by atoms with E-state index in [0.29, 0.717) is 23.6 Å². The molecule has 144 valence electrons. The van der Waals surface area contributed by atoms with Crippen molar-refractivity contribution in [3.8, 4) is 5.75 Å². The molecule has 0 heterocycles. The summed E-state index contributed by atoms with van der Waals surface area (Å²) in [5, 5.41) is 11.5. The van der Waals surface area contributed by atoms with Gasteiger partial charge in [-0.1, -0.05) is 18.2 Å². The van der Waals surface area contributed by atoms with Gasteiger partial charge < -0.3 is 15.2 Å². The topological polar surface area (TPSA) is 75.6 Å². The minimum Gasteiger partial charge on any atom is -0.494 e. The molecule has 0 saturated carbocycles. The zero-order chi connectivity index (χ0) is 19.6. The van der Waals surface area contributed by atoms with Crippen LogP contribution >= 0.6 is 11.8 Å². The van der Waals surface area contributed by atoms with Gasteiger partial charge in [-0.15, -0.1) is 0 Å². The molecular weight excluding hydrogens is 369 g/mol. The first-order chi connectivity index (χ1) is 13.0. The molecule has 0 atom stereocenters. The van der Waals surface area contributed by atoms with E-state index >= 15 is 0 Å². The highest BCUT2D eigenvalue weighted by molar-refractivity contribution is 7.98. The lowest BCUT2D eigenvalue weighted by molar-refractivity contribution is -0.136. The molecule has 0 unspecified atom stereocenters. The summed E-state index contributed by atoms with van der Waals surface area (Å²) in [4.78, 5) is 22.7. The summed E-state index contributed by atoms with van der Waals surface area (Å²) in [5.41, 5.74) is 2.43. The first kappa shape index (κ1) is 20.8. The van der Waals surface area contributed by atoms with Crippen LogP contribution < -0.4 is 10.1 Å². The van der Waals surface area contributed by atoms with E-state index < -0.39 is 11.8 Å². The van der Waals surface area contributed by atoms with E-state index in [2.05, 4.69) is 5.32 Å². The molecule has 1 amide bonds. The van der Waals surface area contributed by atoms with E-state index in [1.54, 1.807) is 18.2 Å². The molecule has 0 aliphatic carbocycles. The Hall–Kier alpha value is -2.54. The SMILES string of the molecule is COc1ccc(CCC(=O)Nc2cccc(CSCCC(=O)O)c2)cc1F. The number of methoxy groups -OCH3 is 1. The Balaban J connectivity index is 1.82. The third-order valence-electron chi connectivity index (χ3n) is 3.80. The summed E-state index contributed by atoms with van der Waals surface area (Å²) in [6.07, 6.45) is 0.799. The van der Waals surface area contributed by atoms with E-state index in [9.17, 15) is 14.0 Å². The molecule has 5 nitrogen and oxygen atoms in total. The van der Waals surface area contributed by atoms with E-state index in [1.165, 1.54) is 24.9 Å². The second kappa shape index (κ2) is 10.6. The summed E-state index contributed by atoms with van der Waals surface area (Å²) in [5.74, 6) is 0.0128. The van der Waals surface area contributed by atoms with Crippen molar-refractivity contribution in [3.05, 3.63) is 59.4 Å². The maximum atomic E-state index is 13.7. The van der Waals surface area contributed by atoms with Gasteiger partial charge in [0.05, 0.1) is 13.5 Å². The minimum atomic E-state index is -0.805. The van der Waals surface area contributed by atoms with Gasteiger partial charge in [-0.3, -0.25) is 9.59 Å². The molecule has 2 rings (SSSR count). The van der Waals surface area contributed by atoms with E-state index in [1.807, 2.05) is 18.2 Å². The normalized spacial score (nSPS) is 10.4. The van der Waals surface area contributed by atoms with Crippen LogP contribution in [-0.4, -0.2) is 29.8 Å². The Bertz CT molecular complexity index is 797. The number of aryl methyl sites for hydroxylation is 1. The number of ether oxygens (including phenoxy) is 1. The monoisotopic (exact) mass is 391 g/mol. The van der Waals surface area contributed by atoms with Gasteiger partial charge >= 0.3 is 5.97 Å². The number of nitrogens with one attached hydrogen (secondary N) is 1. The first-order valence-electron chi connectivity index (χ1n) is 8.48. The number of hydrogen-bond acceptors (Lipinski definition) is 4. The van der Waals surface area contributed by atoms with Crippen molar-refractivity contribution in [2.45, 2.75) is 25.0 Å². The lowest BCUT2D eigenvalue weighted by Gasteiger charge is -2.08. The van der Waals surface area contributed by atoms with E-state index in [0.717, 1.165) is 11.1 Å². The summed E-state index contributed by atoms with van der Waals surface area (Å²) in [6.45, 7) is 0. The maximum absolute atomic E-state index is 13.7. The second-order valence-corrected chi connectivity index (χ2v) is 7.02. The molecule has 7 heteroatoms. The predicted molar refractivity (Wildman–Crippen MR) is 105 cm³/mol. The number of hydrogen-bond donors (Lipinski definition) is 2.